The molecule has 1 saturated carbocycles. The second-order valence-electron chi connectivity index (χ2n) is 5.97. The summed E-state index contributed by atoms with van der Waals surface area (Å²) in [7, 11) is 1.57. The van der Waals surface area contributed by atoms with Crippen LogP contribution in [-0.2, 0) is 9.53 Å². The Kier molecular flexibility index (Phi) is 4.00. The predicted molar refractivity (Wildman–Crippen MR) is 65.3 cm³/mol. The molecule has 0 heterocycles. The van der Waals surface area contributed by atoms with Gasteiger partial charge < -0.3 is 10.1 Å². The Morgan fingerprint density at radius 3 is 2.50 bits per heavy atom. The van der Waals surface area contributed by atoms with Crippen molar-refractivity contribution in [2.75, 3.05) is 7.11 Å². The molecule has 1 aliphatic rings. The number of nitrogens with one attached hydrogen (secondary N) is 1. The van der Waals surface area contributed by atoms with Gasteiger partial charge in [0.15, 0.2) is 0 Å². The van der Waals surface area contributed by atoms with E-state index in [2.05, 4.69) is 19.2 Å². The number of carbonyl (C=O) groups excluding carboxylic acids is 1. The molecule has 0 spiro atoms. The van der Waals surface area contributed by atoms with Gasteiger partial charge in [-0.05, 0) is 32.1 Å². The van der Waals surface area contributed by atoms with Crippen molar-refractivity contribution in [3.8, 4) is 0 Å². The van der Waals surface area contributed by atoms with Crippen LogP contribution in [0.1, 0.15) is 53.4 Å². The summed E-state index contributed by atoms with van der Waals surface area (Å²) in [6, 6.07) is 0.281. The fraction of sp³-hybridized carbons (Fsp3) is 0.923. The van der Waals surface area contributed by atoms with Gasteiger partial charge in [0.2, 0.25) is 0 Å². The number of rotatable bonds is 3. The van der Waals surface area contributed by atoms with E-state index in [9.17, 15) is 4.79 Å². The molecule has 0 aromatic carbocycles. The van der Waals surface area contributed by atoms with Crippen LogP contribution in [0.4, 0.5) is 0 Å². The van der Waals surface area contributed by atoms with E-state index in [-0.39, 0.29) is 17.4 Å². The Balaban J connectivity index is 2.62. The summed E-state index contributed by atoms with van der Waals surface area (Å²) in [5.74, 6) is -0.00465. The van der Waals surface area contributed by atoms with Gasteiger partial charge in [0.1, 0.15) is 5.60 Å². The Morgan fingerprint density at radius 1 is 1.38 bits per heavy atom. The first-order valence-corrected chi connectivity index (χ1v) is 6.16. The first-order valence-electron chi connectivity index (χ1n) is 6.16. The van der Waals surface area contributed by atoms with Crippen LogP contribution in [0.15, 0.2) is 0 Å². The van der Waals surface area contributed by atoms with Crippen molar-refractivity contribution in [1.29, 1.82) is 0 Å². The third-order valence-electron chi connectivity index (χ3n) is 3.87. The van der Waals surface area contributed by atoms with Gasteiger partial charge in [0.25, 0.3) is 5.91 Å². The molecule has 1 fully saturated rings. The smallest absolute Gasteiger partial charge is 0.251 e. The minimum atomic E-state index is -0.729. The van der Waals surface area contributed by atoms with Gasteiger partial charge in [-0.15, -0.1) is 0 Å². The Labute approximate surface area is 98.9 Å². The normalized spacial score (nSPS) is 25.2. The molecule has 1 N–H and O–H groups in total. The molecule has 1 unspecified atom stereocenters. The lowest BCUT2D eigenvalue weighted by atomic mass is 9.73. The van der Waals surface area contributed by atoms with E-state index in [1.807, 2.05) is 0 Å². The summed E-state index contributed by atoms with van der Waals surface area (Å²) in [4.78, 5) is 12.0. The lowest BCUT2D eigenvalue weighted by Crippen LogP contribution is -2.53. The van der Waals surface area contributed by atoms with Crippen molar-refractivity contribution in [3.63, 3.8) is 0 Å². The summed E-state index contributed by atoms with van der Waals surface area (Å²) in [6.07, 6.45) is 4.75. The summed E-state index contributed by atoms with van der Waals surface area (Å²) < 4.78 is 5.20. The van der Waals surface area contributed by atoms with Gasteiger partial charge >= 0.3 is 0 Å². The quantitative estimate of drug-likeness (QED) is 0.804. The van der Waals surface area contributed by atoms with Crippen molar-refractivity contribution < 1.29 is 9.53 Å². The molecule has 1 amide bonds. The fourth-order valence-corrected chi connectivity index (χ4v) is 2.19. The molecule has 3 nitrogen and oxygen atoms in total. The van der Waals surface area contributed by atoms with E-state index in [1.165, 1.54) is 19.3 Å². The number of carbonyl (C=O) groups is 1. The molecule has 1 rings (SSSR count). The molecule has 0 bridgehead atoms. The lowest BCUT2D eigenvalue weighted by Gasteiger charge is -2.40. The molecule has 0 aromatic rings. The second kappa shape index (κ2) is 4.74. The van der Waals surface area contributed by atoms with Gasteiger partial charge in [0.05, 0.1) is 0 Å². The van der Waals surface area contributed by atoms with E-state index < -0.39 is 5.60 Å². The van der Waals surface area contributed by atoms with Crippen LogP contribution in [0.25, 0.3) is 0 Å². The van der Waals surface area contributed by atoms with Crippen LogP contribution in [0.3, 0.4) is 0 Å². The van der Waals surface area contributed by atoms with Gasteiger partial charge in [-0.1, -0.05) is 26.7 Å². The van der Waals surface area contributed by atoms with E-state index >= 15 is 0 Å². The highest BCUT2D eigenvalue weighted by molar-refractivity contribution is 5.84. The maximum Gasteiger partial charge on any atom is 0.251 e. The lowest BCUT2D eigenvalue weighted by molar-refractivity contribution is -0.141. The van der Waals surface area contributed by atoms with E-state index in [0.717, 1.165) is 6.42 Å². The topological polar surface area (TPSA) is 38.3 Å². The number of methoxy groups -OCH3 is 1. The van der Waals surface area contributed by atoms with Crippen molar-refractivity contribution >= 4 is 5.91 Å². The molecule has 0 aliphatic heterocycles. The van der Waals surface area contributed by atoms with Crippen LogP contribution < -0.4 is 5.32 Å². The average molecular weight is 227 g/mol. The van der Waals surface area contributed by atoms with Crippen molar-refractivity contribution in [2.45, 2.75) is 65.0 Å². The zero-order valence-corrected chi connectivity index (χ0v) is 11.2. The van der Waals surface area contributed by atoms with Crippen LogP contribution >= 0.6 is 0 Å². The second-order valence-corrected chi connectivity index (χ2v) is 5.97. The van der Waals surface area contributed by atoms with Gasteiger partial charge in [-0.3, -0.25) is 4.79 Å². The summed E-state index contributed by atoms with van der Waals surface area (Å²) in [5, 5.41) is 3.14. The SMILES string of the molecule is COC(C)(C)C(=O)NC1CCCCC1(C)C. The zero-order chi connectivity index (χ0) is 12.4. The standard InChI is InChI=1S/C13H25NO2/c1-12(2)9-7-6-8-10(12)14-11(15)13(3,4)16-5/h10H,6-9H2,1-5H3,(H,14,15). The Bertz CT molecular complexity index is 259. The predicted octanol–water partition coefficient (Wildman–Crippen LogP) is 2.50. The largest absolute Gasteiger partial charge is 0.369 e. The monoisotopic (exact) mass is 227 g/mol. The van der Waals surface area contributed by atoms with Gasteiger partial charge in [0, 0.05) is 13.2 Å². The molecule has 3 heteroatoms. The molecule has 94 valence electrons. The summed E-state index contributed by atoms with van der Waals surface area (Å²) >= 11 is 0. The minimum absolute atomic E-state index is 0.00465. The first-order chi connectivity index (χ1) is 7.29. The third kappa shape index (κ3) is 2.97. The molecular weight excluding hydrogens is 202 g/mol. The third-order valence-corrected chi connectivity index (χ3v) is 3.87. The highest BCUT2D eigenvalue weighted by Gasteiger charge is 2.36. The van der Waals surface area contributed by atoms with Gasteiger partial charge in [-0.2, -0.15) is 0 Å². The number of amides is 1. The Hall–Kier alpha value is -0.570. The summed E-state index contributed by atoms with van der Waals surface area (Å²) in [5.41, 5.74) is -0.523. The molecule has 0 radical (unpaired) electrons. The van der Waals surface area contributed by atoms with E-state index in [1.54, 1.807) is 21.0 Å². The van der Waals surface area contributed by atoms with Gasteiger partial charge in [-0.25, -0.2) is 0 Å². The molecule has 0 saturated heterocycles. The van der Waals surface area contributed by atoms with Crippen molar-refractivity contribution in [1.82, 2.24) is 5.32 Å². The highest BCUT2D eigenvalue weighted by atomic mass is 16.5. The van der Waals surface area contributed by atoms with Crippen LogP contribution in [0.2, 0.25) is 0 Å². The molecule has 16 heavy (non-hydrogen) atoms. The van der Waals surface area contributed by atoms with Crippen molar-refractivity contribution in [2.24, 2.45) is 5.41 Å². The number of hydrogen-bond donors (Lipinski definition) is 1. The highest BCUT2D eigenvalue weighted by Crippen LogP contribution is 2.35. The van der Waals surface area contributed by atoms with E-state index in [4.69, 9.17) is 4.74 Å². The minimum Gasteiger partial charge on any atom is -0.369 e. The van der Waals surface area contributed by atoms with Crippen LogP contribution in [-0.4, -0.2) is 24.7 Å². The number of ether oxygens (including phenoxy) is 1. The zero-order valence-electron chi connectivity index (χ0n) is 11.2. The molecule has 0 aromatic heterocycles. The Morgan fingerprint density at radius 2 is 2.00 bits per heavy atom. The fourth-order valence-electron chi connectivity index (χ4n) is 2.19. The molecule has 1 aliphatic carbocycles. The maximum atomic E-state index is 12.0. The summed E-state index contributed by atoms with van der Waals surface area (Å²) in [6.45, 7) is 8.07. The number of hydrogen-bond acceptors (Lipinski definition) is 2. The van der Waals surface area contributed by atoms with E-state index in [0.29, 0.717) is 0 Å². The average Bonchev–Trinajstić information content (AvgIpc) is 2.21. The van der Waals surface area contributed by atoms with Crippen molar-refractivity contribution in [3.05, 3.63) is 0 Å². The molecular formula is C13H25NO2. The van der Waals surface area contributed by atoms with Crippen LogP contribution in [0.5, 0.6) is 0 Å². The maximum absolute atomic E-state index is 12.0. The first kappa shape index (κ1) is 13.5. The molecule has 1 atom stereocenters. The van der Waals surface area contributed by atoms with Crippen LogP contribution in [0, 0.1) is 5.41 Å².